The molecule has 0 aromatic rings. The van der Waals surface area contributed by atoms with Gasteiger partial charge >= 0.3 is 0 Å². The van der Waals surface area contributed by atoms with Crippen molar-refractivity contribution in [3.8, 4) is 0 Å². The van der Waals surface area contributed by atoms with E-state index in [0.29, 0.717) is 0 Å². The van der Waals surface area contributed by atoms with E-state index < -0.39 is 5.54 Å². The lowest BCUT2D eigenvalue weighted by molar-refractivity contribution is 0.477. The molecule has 0 fully saturated rings. The molecule has 0 aliphatic carbocycles. The Morgan fingerprint density at radius 3 is 2.78 bits per heavy atom. The van der Waals surface area contributed by atoms with Gasteiger partial charge in [0, 0.05) is 5.70 Å². The maximum absolute atomic E-state index is 10.3. The summed E-state index contributed by atoms with van der Waals surface area (Å²) in [4.78, 5) is 10.3. The van der Waals surface area contributed by atoms with Gasteiger partial charge in [-0.25, -0.2) is 0 Å². The van der Waals surface area contributed by atoms with E-state index in [1.807, 2.05) is 26.2 Å². The van der Waals surface area contributed by atoms with Gasteiger partial charge in [-0.15, -0.1) is 0 Å². The Kier molecular flexibility index (Phi) is 1.31. The summed E-state index contributed by atoms with van der Waals surface area (Å²) in [7, 11) is 0. The molecule has 0 aromatic carbocycles. The first-order valence-corrected chi connectivity index (χ1v) is 3.00. The van der Waals surface area contributed by atoms with Crippen LogP contribution in [0.25, 0.3) is 0 Å². The first kappa shape index (κ1) is 6.33. The van der Waals surface area contributed by atoms with Crippen LogP contribution in [-0.4, -0.2) is 11.8 Å². The summed E-state index contributed by atoms with van der Waals surface area (Å²) < 4.78 is 0. The van der Waals surface area contributed by atoms with E-state index in [1.165, 1.54) is 0 Å². The van der Waals surface area contributed by atoms with E-state index >= 15 is 0 Å². The fraction of sp³-hybridized carbons (Fsp3) is 0.571. The lowest BCUT2D eigenvalue weighted by Crippen LogP contribution is -2.37. The van der Waals surface area contributed by atoms with Gasteiger partial charge in [0.1, 0.15) is 5.54 Å². The molecule has 0 bridgehead atoms. The normalized spacial score (nSPS) is 33.3. The van der Waals surface area contributed by atoms with Crippen molar-refractivity contribution >= 4 is 6.29 Å². The lowest BCUT2D eigenvalue weighted by atomic mass is 10.0. The highest BCUT2D eigenvalue weighted by molar-refractivity contribution is 5.66. The Hall–Kier alpha value is -0.790. The number of hydrogen-bond acceptors (Lipinski definition) is 2. The van der Waals surface area contributed by atoms with Gasteiger partial charge in [0.25, 0.3) is 0 Å². The summed E-state index contributed by atoms with van der Waals surface area (Å²) >= 11 is 0. The molecule has 1 unspecified atom stereocenters. The van der Waals surface area contributed by atoms with Gasteiger partial charge in [0.05, 0.1) is 0 Å². The zero-order valence-electron chi connectivity index (χ0n) is 5.69. The highest BCUT2D eigenvalue weighted by atomic mass is 16.1. The molecule has 2 nitrogen and oxygen atoms in total. The summed E-state index contributed by atoms with van der Waals surface area (Å²) in [5.74, 6) is 0. The van der Waals surface area contributed by atoms with Crippen molar-refractivity contribution in [1.82, 2.24) is 5.32 Å². The van der Waals surface area contributed by atoms with Crippen LogP contribution in [0.4, 0.5) is 0 Å². The molecule has 1 atom stereocenters. The second-order valence-electron chi connectivity index (χ2n) is 2.65. The van der Waals surface area contributed by atoms with E-state index in [4.69, 9.17) is 0 Å². The molecule has 1 aliphatic rings. The molecule has 1 heterocycles. The topological polar surface area (TPSA) is 29.1 Å². The van der Waals surface area contributed by atoms with Gasteiger partial charge < -0.3 is 5.32 Å². The molecule has 1 rings (SSSR count). The molecule has 1 N–H and O–H groups in total. The molecular formula is C7H10NO. The summed E-state index contributed by atoms with van der Waals surface area (Å²) in [5.41, 5.74) is 0.630. The van der Waals surface area contributed by atoms with Crippen LogP contribution >= 0.6 is 0 Å². The highest BCUT2D eigenvalue weighted by Crippen LogP contribution is 2.16. The van der Waals surface area contributed by atoms with Crippen molar-refractivity contribution in [3.05, 3.63) is 11.8 Å². The first-order chi connectivity index (χ1) is 4.16. The Balaban J connectivity index is 2.63. The molecule has 1 aliphatic heterocycles. The third-order valence-corrected chi connectivity index (χ3v) is 1.51. The predicted octanol–water partition coefficient (Wildman–Crippen LogP) is 0.752. The average Bonchev–Trinajstić information content (AvgIpc) is 2.13. The standard InChI is InChI=1S/C7H10NO/c1-6-3-4-7(2,5-9)8-6/h3,8H,4H2,1-2H3. The predicted molar refractivity (Wildman–Crippen MR) is 35.6 cm³/mol. The Bertz CT molecular complexity index is 162. The molecule has 9 heavy (non-hydrogen) atoms. The van der Waals surface area contributed by atoms with E-state index in [2.05, 4.69) is 5.32 Å². The highest BCUT2D eigenvalue weighted by Gasteiger charge is 2.27. The van der Waals surface area contributed by atoms with Crippen LogP contribution < -0.4 is 5.32 Å². The molecule has 0 amide bonds. The van der Waals surface area contributed by atoms with Crippen LogP contribution in [-0.2, 0) is 4.79 Å². The van der Waals surface area contributed by atoms with Gasteiger partial charge in [-0.1, -0.05) is 6.08 Å². The number of nitrogens with one attached hydrogen (secondary N) is 1. The summed E-state index contributed by atoms with van der Waals surface area (Å²) in [6.45, 7) is 3.79. The van der Waals surface area contributed by atoms with Crippen molar-refractivity contribution in [3.63, 3.8) is 0 Å². The van der Waals surface area contributed by atoms with E-state index in [9.17, 15) is 4.79 Å². The molecule has 0 spiro atoms. The molecule has 1 radical (unpaired) electrons. The molecule has 49 valence electrons. The Labute approximate surface area is 54.9 Å². The number of hydrogen-bond donors (Lipinski definition) is 1. The Morgan fingerprint density at radius 2 is 2.56 bits per heavy atom. The van der Waals surface area contributed by atoms with Gasteiger partial charge in [-0.05, 0) is 20.3 Å². The molecule has 0 saturated heterocycles. The molecule has 2 heteroatoms. The molecule has 0 aromatic heterocycles. The van der Waals surface area contributed by atoms with Crippen LogP contribution in [0.1, 0.15) is 20.3 Å². The summed E-state index contributed by atoms with van der Waals surface area (Å²) in [6, 6.07) is 0. The summed E-state index contributed by atoms with van der Waals surface area (Å²) in [6.07, 6.45) is 4.73. The van der Waals surface area contributed by atoms with Crippen molar-refractivity contribution in [2.45, 2.75) is 25.8 Å². The van der Waals surface area contributed by atoms with Crippen molar-refractivity contribution < 1.29 is 4.79 Å². The smallest absolute Gasteiger partial charge is 0.226 e. The van der Waals surface area contributed by atoms with E-state index in [0.717, 1.165) is 12.1 Å². The maximum Gasteiger partial charge on any atom is 0.226 e. The Morgan fingerprint density at radius 1 is 1.89 bits per heavy atom. The van der Waals surface area contributed by atoms with Crippen LogP contribution in [0.3, 0.4) is 0 Å². The minimum Gasteiger partial charge on any atom is -0.376 e. The van der Waals surface area contributed by atoms with Gasteiger partial charge in [0.2, 0.25) is 6.29 Å². The van der Waals surface area contributed by atoms with Crippen LogP contribution in [0.15, 0.2) is 11.8 Å². The largest absolute Gasteiger partial charge is 0.376 e. The molecule has 0 saturated carbocycles. The third-order valence-electron chi connectivity index (χ3n) is 1.51. The van der Waals surface area contributed by atoms with Crippen LogP contribution in [0.5, 0.6) is 0 Å². The minimum atomic E-state index is -0.440. The zero-order chi connectivity index (χ0) is 6.91. The second-order valence-corrected chi connectivity index (χ2v) is 2.65. The fourth-order valence-electron chi connectivity index (χ4n) is 0.962. The van der Waals surface area contributed by atoms with Gasteiger partial charge in [-0.2, -0.15) is 0 Å². The zero-order valence-corrected chi connectivity index (χ0v) is 5.69. The van der Waals surface area contributed by atoms with Crippen molar-refractivity contribution in [2.24, 2.45) is 0 Å². The fourth-order valence-corrected chi connectivity index (χ4v) is 0.962. The number of rotatable bonds is 1. The lowest BCUT2D eigenvalue weighted by Gasteiger charge is -2.15. The SMILES string of the molecule is CC1=CCC(C)([C]=O)N1. The average molecular weight is 124 g/mol. The van der Waals surface area contributed by atoms with Gasteiger partial charge in [0.15, 0.2) is 0 Å². The first-order valence-electron chi connectivity index (χ1n) is 3.00. The van der Waals surface area contributed by atoms with Crippen molar-refractivity contribution in [2.75, 3.05) is 0 Å². The van der Waals surface area contributed by atoms with E-state index in [1.54, 1.807) is 0 Å². The third kappa shape index (κ3) is 1.12. The quantitative estimate of drug-likeness (QED) is 0.559. The number of carbonyl (C=O) groups excluding carboxylic acids is 1. The monoisotopic (exact) mass is 124 g/mol. The molecular weight excluding hydrogens is 114 g/mol. The number of allylic oxidation sites excluding steroid dienone is 1. The second kappa shape index (κ2) is 1.87. The van der Waals surface area contributed by atoms with Crippen molar-refractivity contribution in [1.29, 1.82) is 0 Å². The van der Waals surface area contributed by atoms with Gasteiger partial charge in [-0.3, -0.25) is 4.79 Å². The van der Waals surface area contributed by atoms with Crippen LogP contribution in [0.2, 0.25) is 0 Å². The van der Waals surface area contributed by atoms with E-state index in [-0.39, 0.29) is 0 Å². The minimum absolute atomic E-state index is 0.440. The van der Waals surface area contributed by atoms with Crippen LogP contribution in [0, 0.1) is 0 Å². The summed E-state index contributed by atoms with van der Waals surface area (Å²) in [5, 5.41) is 3.02. The maximum atomic E-state index is 10.3.